The molecule has 0 amide bonds. The molecular weight excluding hydrogens is 170 g/mol. The standard InChI is InChI=1S/C13H19N/c1-2-3-4-7-11-10-14-13-9-6-5-8-12(11)13/h5-6,8-9,11,14H,2-4,7,10H2,1H3. The van der Waals surface area contributed by atoms with E-state index < -0.39 is 0 Å². The lowest BCUT2D eigenvalue weighted by Crippen LogP contribution is -2.01. The summed E-state index contributed by atoms with van der Waals surface area (Å²) in [5.41, 5.74) is 2.89. The largest absolute Gasteiger partial charge is 0.384 e. The number of benzene rings is 1. The number of fused-ring (bicyclic) bond motifs is 1. The van der Waals surface area contributed by atoms with E-state index in [9.17, 15) is 0 Å². The molecule has 0 aliphatic carbocycles. The lowest BCUT2D eigenvalue weighted by atomic mass is 9.95. The van der Waals surface area contributed by atoms with Gasteiger partial charge in [0.15, 0.2) is 0 Å². The molecule has 1 heteroatoms. The van der Waals surface area contributed by atoms with Crippen LogP contribution in [0.2, 0.25) is 0 Å². The second-order valence-electron chi connectivity index (χ2n) is 4.16. The zero-order chi connectivity index (χ0) is 9.80. The van der Waals surface area contributed by atoms with Crippen LogP contribution < -0.4 is 5.32 Å². The highest BCUT2D eigenvalue weighted by Gasteiger charge is 2.20. The molecule has 1 aromatic rings. The summed E-state index contributed by atoms with van der Waals surface area (Å²) in [6, 6.07) is 8.72. The number of hydrogen-bond donors (Lipinski definition) is 1. The van der Waals surface area contributed by atoms with E-state index in [0.717, 1.165) is 12.5 Å². The SMILES string of the molecule is CCCCCC1CNc2ccccc21. The summed E-state index contributed by atoms with van der Waals surface area (Å²) in [5.74, 6) is 0.762. The van der Waals surface area contributed by atoms with E-state index in [4.69, 9.17) is 0 Å². The average Bonchev–Trinajstić information content (AvgIpc) is 2.63. The Morgan fingerprint density at radius 1 is 1.29 bits per heavy atom. The first kappa shape index (κ1) is 9.57. The van der Waals surface area contributed by atoms with Crippen molar-refractivity contribution in [2.75, 3.05) is 11.9 Å². The van der Waals surface area contributed by atoms with Gasteiger partial charge < -0.3 is 5.32 Å². The van der Waals surface area contributed by atoms with Crippen molar-refractivity contribution in [1.29, 1.82) is 0 Å². The van der Waals surface area contributed by atoms with Gasteiger partial charge in [-0.05, 0) is 18.1 Å². The summed E-state index contributed by atoms with van der Waals surface area (Å²) in [5, 5.41) is 3.48. The highest BCUT2D eigenvalue weighted by Crippen LogP contribution is 2.34. The minimum atomic E-state index is 0.762. The minimum absolute atomic E-state index is 0.762. The molecule has 1 unspecified atom stereocenters. The zero-order valence-electron chi connectivity index (χ0n) is 8.92. The zero-order valence-corrected chi connectivity index (χ0v) is 8.92. The summed E-state index contributed by atoms with van der Waals surface area (Å²) in [6.07, 6.45) is 5.41. The van der Waals surface area contributed by atoms with E-state index in [1.807, 2.05) is 0 Å². The number of hydrogen-bond acceptors (Lipinski definition) is 1. The first-order valence-electron chi connectivity index (χ1n) is 5.74. The molecule has 1 aromatic carbocycles. The molecule has 1 heterocycles. The van der Waals surface area contributed by atoms with Gasteiger partial charge in [-0.25, -0.2) is 0 Å². The molecular formula is C13H19N. The van der Waals surface area contributed by atoms with Crippen LogP contribution >= 0.6 is 0 Å². The first-order valence-corrected chi connectivity index (χ1v) is 5.74. The van der Waals surface area contributed by atoms with Crippen LogP contribution in [0.4, 0.5) is 5.69 Å². The molecule has 0 bridgehead atoms. The maximum absolute atomic E-state index is 3.48. The molecule has 1 aliphatic rings. The predicted molar refractivity (Wildman–Crippen MR) is 61.8 cm³/mol. The van der Waals surface area contributed by atoms with Gasteiger partial charge in [0.25, 0.3) is 0 Å². The Hall–Kier alpha value is -0.980. The van der Waals surface area contributed by atoms with Crippen LogP contribution in [-0.2, 0) is 0 Å². The fourth-order valence-electron chi connectivity index (χ4n) is 2.26. The van der Waals surface area contributed by atoms with Crippen molar-refractivity contribution in [2.45, 2.75) is 38.5 Å². The molecule has 0 saturated heterocycles. The Morgan fingerprint density at radius 3 is 3.00 bits per heavy atom. The van der Waals surface area contributed by atoms with E-state index in [0.29, 0.717) is 0 Å². The number of anilines is 1. The molecule has 0 saturated carbocycles. The Bertz CT molecular complexity index is 293. The molecule has 1 aliphatic heterocycles. The Morgan fingerprint density at radius 2 is 2.14 bits per heavy atom. The summed E-state index contributed by atoms with van der Waals surface area (Å²) in [4.78, 5) is 0. The van der Waals surface area contributed by atoms with Crippen LogP contribution in [0.25, 0.3) is 0 Å². The van der Waals surface area contributed by atoms with Gasteiger partial charge >= 0.3 is 0 Å². The normalized spacial score (nSPS) is 19.1. The maximum atomic E-state index is 3.48. The van der Waals surface area contributed by atoms with Gasteiger partial charge in [0.1, 0.15) is 0 Å². The van der Waals surface area contributed by atoms with Gasteiger partial charge in [-0.1, -0.05) is 44.4 Å². The molecule has 1 atom stereocenters. The molecule has 1 nitrogen and oxygen atoms in total. The van der Waals surface area contributed by atoms with E-state index in [1.165, 1.54) is 36.9 Å². The van der Waals surface area contributed by atoms with Crippen LogP contribution in [0.5, 0.6) is 0 Å². The Balaban J connectivity index is 1.96. The number of nitrogens with one attached hydrogen (secondary N) is 1. The van der Waals surface area contributed by atoms with Crippen molar-refractivity contribution in [3.63, 3.8) is 0 Å². The topological polar surface area (TPSA) is 12.0 Å². The third kappa shape index (κ3) is 1.92. The van der Waals surface area contributed by atoms with Gasteiger partial charge in [0.05, 0.1) is 0 Å². The summed E-state index contributed by atoms with van der Waals surface area (Å²) < 4.78 is 0. The van der Waals surface area contributed by atoms with Crippen molar-refractivity contribution < 1.29 is 0 Å². The van der Waals surface area contributed by atoms with Crippen molar-refractivity contribution in [3.8, 4) is 0 Å². The van der Waals surface area contributed by atoms with Crippen LogP contribution in [0.15, 0.2) is 24.3 Å². The van der Waals surface area contributed by atoms with Crippen molar-refractivity contribution in [2.24, 2.45) is 0 Å². The van der Waals surface area contributed by atoms with Gasteiger partial charge in [0.2, 0.25) is 0 Å². The average molecular weight is 189 g/mol. The van der Waals surface area contributed by atoms with Gasteiger partial charge in [0, 0.05) is 18.2 Å². The van der Waals surface area contributed by atoms with Crippen molar-refractivity contribution in [1.82, 2.24) is 0 Å². The second kappa shape index (κ2) is 4.50. The second-order valence-corrected chi connectivity index (χ2v) is 4.16. The van der Waals surface area contributed by atoms with Crippen LogP contribution in [0, 0.1) is 0 Å². The summed E-state index contributed by atoms with van der Waals surface area (Å²) in [7, 11) is 0. The van der Waals surface area contributed by atoms with E-state index >= 15 is 0 Å². The maximum Gasteiger partial charge on any atom is 0.0376 e. The molecule has 0 spiro atoms. The van der Waals surface area contributed by atoms with E-state index in [-0.39, 0.29) is 0 Å². The van der Waals surface area contributed by atoms with Gasteiger partial charge in [-0.15, -0.1) is 0 Å². The highest BCUT2D eigenvalue weighted by molar-refractivity contribution is 5.57. The lowest BCUT2D eigenvalue weighted by Gasteiger charge is -2.08. The highest BCUT2D eigenvalue weighted by atomic mass is 14.9. The first-order chi connectivity index (χ1) is 6.92. The smallest absolute Gasteiger partial charge is 0.0376 e. The molecule has 0 radical (unpaired) electrons. The molecule has 0 fully saturated rings. The molecule has 14 heavy (non-hydrogen) atoms. The van der Waals surface area contributed by atoms with Gasteiger partial charge in [-0.2, -0.15) is 0 Å². The summed E-state index contributed by atoms with van der Waals surface area (Å²) in [6.45, 7) is 3.41. The molecule has 2 rings (SSSR count). The van der Waals surface area contributed by atoms with Crippen LogP contribution in [0.3, 0.4) is 0 Å². The fraction of sp³-hybridized carbons (Fsp3) is 0.538. The number of rotatable bonds is 4. The molecule has 1 N–H and O–H groups in total. The predicted octanol–water partition coefficient (Wildman–Crippen LogP) is 3.78. The van der Waals surface area contributed by atoms with Gasteiger partial charge in [-0.3, -0.25) is 0 Å². The van der Waals surface area contributed by atoms with Crippen molar-refractivity contribution in [3.05, 3.63) is 29.8 Å². The Kier molecular flexibility index (Phi) is 3.07. The summed E-state index contributed by atoms with van der Waals surface area (Å²) >= 11 is 0. The monoisotopic (exact) mass is 189 g/mol. The van der Waals surface area contributed by atoms with Crippen molar-refractivity contribution >= 4 is 5.69 Å². The number of unbranched alkanes of at least 4 members (excludes halogenated alkanes) is 2. The Labute approximate surface area is 86.5 Å². The third-order valence-electron chi connectivity index (χ3n) is 3.10. The van der Waals surface area contributed by atoms with E-state index in [2.05, 4.69) is 36.5 Å². The number of para-hydroxylation sites is 1. The fourth-order valence-corrected chi connectivity index (χ4v) is 2.26. The molecule has 0 aromatic heterocycles. The minimum Gasteiger partial charge on any atom is -0.384 e. The van der Waals surface area contributed by atoms with Crippen LogP contribution in [-0.4, -0.2) is 6.54 Å². The third-order valence-corrected chi connectivity index (χ3v) is 3.10. The van der Waals surface area contributed by atoms with Crippen LogP contribution in [0.1, 0.15) is 44.1 Å². The molecule has 76 valence electrons. The quantitative estimate of drug-likeness (QED) is 0.711. The lowest BCUT2D eigenvalue weighted by molar-refractivity contribution is 0.596. The van der Waals surface area contributed by atoms with E-state index in [1.54, 1.807) is 0 Å².